The normalized spacial score (nSPS) is 12.5. The predicted octanol–water partition coefficient (Wildman–Crippen LogP) is 2.95. The molecule has 0 aromatic heterocycles. The summed E-state index contributed by atoms with van der Waals surface area (Å²) in [5.41, 5.74) is 0.237. The molecule has 0 spiro atoms. The van der Waals surface area contributed by atoms with Crippen molar-refractivity contribution in [2.45, 2.75) is 18.2 Å². The number of rotatable bonds is 4. The molecule has 0 amide bonds. The first-order chi connectivity index (χ1) is 7.47. The van der Waals surface area contributed by atoms with Gasteiger partial charge in [-0.25, -0.2) is 8.78 Å². The molecular formula is C11H12F2O2S. The lowest BCUT2D eigenvalue weighted by Gasteiger charge is -2.10. The van der Waals surface area contributed by atoms with Crippen molar-refractivity contribution in [3.8, 4) is 0 Å². The molecule has 1 atom stereocenters. The summed E-state index contributed by atoms with van der Waals surface area (Å²) >= 11 is 0.974. The smallest absolute Gasteiger partial charge is 0.306 e. The number of carboxylic acids is 1. The Hall–Kier alpha value is -1.10. The Bertz CT molecular complexity index is 407. The Labute approximate surface area is 96.7 Å². The van der Waals surface area contributed by atoms with E-state index in [4.69, 9.17) is 5.11 Å². The van der Waals surface area contributed by atoms with Gasteiger partial charge in [-0.2, -0.15) is 0 Å². The Morgan fingerprint density at radius 1 is 1.50 bits per heavy atom. The Morgan fingerprint density at radius 3 is 2.62 bits per heavy atom. The molecule has 0 heterocycles. The van der Waals surface area contributed by atoms with Crippen LogP contribution in [0.5, 0.6) is 0 Å². The molecule has 0 fully saturated rings. The van der Waals surface area contributed by atoms with Crippen LogP contribution in [0.15, 0.2) is 17.0 Å². The minimum Gasteiger partial charge on any atom is -0.481 e. The third kappa shape index (κ3) is 2.72. The quantitative estimate of drug-likeness (QED) is 0.830. The van der Waals surface area contributed by atoms with Gasteiger partial charge >= 0.3 is 5.97 Å². The number of thioether (sulfide) groups is 1. The van der Waals surface area contributed by atoms with Crippen LogP contribution < -0.4 is 0 Å². The first-order valence-corrected chi connectivity index (χ1v) is 5.93. The maximum Gasteiger partial charge on any atom is 0.306 e. The van der Waals surface area contributed by atoms with Crippen LogP contribution in [0.2, 0.25) is 0 Å². The number of halogens is 2. The van der Waals surface area contributed by atoms with E-state index < -0.39 is 23.5 Å². The van der Waals surface area contributed by atoms with E-state index in [1.54, 1.807) is 6.26 Å². The molecule has 2 nitrogen and oxygen atoms in total. The zero-order chi connectivity index (χ0) is 12.3. The molecule has 0 radical (unpaired) electrons. The van der Waals surface area contributed by atoms with Crippen molar-refractivity contribution in [2.75, 3.05) is 6.26 Å². The first kappa shape index (κ1) is 13.0. The average Bonchev–Trinajstić information content (AvgIpc) is 2.22. The van der Waals surface area contributed by atoms with Crippen LogP contribution in [-0.2, 0) is 11.2 Å². The second-order valence-corrected chi connectivity index (χ2v) is 4.31. The van der Waals surface area contributed by atoms with Gasteiger partial charge in [0.1, 0.15) is 11.6 Å². The van der Waals surface area contributed by atoms with Gasteiger partial charge in [-0.15, -0.1) is 11.8 Å². The summed E-state index contributed by atoms with van der Waals surface area (Å²) < 4.78 is 26.9. The summed E-state index contributed by atoms with van der Waals surface area (Å²) in [6.07, 6.45) is 1.64. The van der Waals surface area contributed by atoms with Crippen molar-refractivity contribution in [2.24, 2.45) is 5.92 Å². The van der Waals surface area contributed by atoms with Gasteiger partial charge in [0.25, 0.3) is 0 Å². The molecular weight excluding hydrogens is 234 g/mol. The Kier molecular flexibility index (Phi) is 4.29. The second-order valence-electron chi connectivity index (χ2n) is 3.50. The molecule has 88 valence electrons. The lowest BCUT2D eigenvalue weighted by Crippen LogP contribution is -2.13. The molecule has 0 aliphatic heterocycles. The molecule has 1 rings (SSSR count). The predicted molar refractivity (Wildman–Crippen MR) is 58.6 cm³/mol. The standard InChI is InChI=1S/C11H12F2O2S/c1-6(11(14)15)5-7-3-4-8(12)10(16-2)9(7)13/h3-4,6H,5H2,1-2H3,(H,14,15). The van der Waals surface area contributed by atoms with Gasteiger partial charge < -0.3 is 5.11 Å². The summed E-state index contributed by atoms with van der Waals surface area (Å²) in [6.45, 7) is 1.49. The van der Waals surface area contributed by atoms with Crippen LogP contribution in [0.1, 0.15) is 12.5 Å². The minimum absolute atomic E-state index is 0.0601. The van der Waals surface area contributed by atoms with Crippen molar-refractivity contribution in [1.82, 2.24) is 0 Å². The highest BCUT2D eigenvalue weighted by Crippen LogP contribution is 2.26. The van der Waals surface area contributed by atoms with E-state index in [0.717, 1.165) is 11.8 Å². The number of carbonyl (C=O) groups is 1. The highest BCUT2D eigenvalue weighted by atomic mass is 32.2. The summed E-state index contributed by atoms with van der Waals surface area (Å²) in [6, 6.07) is 2.46. The molecule has 0 saturated heterocycles. The average molecular weight is 246 g/mol. The first-order valence-electron chi connectivity index (χ1n) is 4.71. The molecule has 0 bridgehead atoms. The van der Waals surface area contributed by atoms with Crippen LogP contribution in [0, 0.1) is 17.6 Å². The SMILES string of the molecule is CSc1c(F)ccc(CC(C)C(=O)O)c1F. The van der Waals surface area contributed by atoms with Crippen LogP contribution >= 0.6 is 11.8 Å². The van der Waals surface area contributed by atoms with Gasteiger partial charge in [0, 0.05) is 0 Å². The van der Waals surface area contributed by atoms with Crippen LogP contribution in [0.3, 0.4) is 0 Å². The summed E-state index contributed by atoms with van der Waals surface area (Å²) in [5.74, 6) is -2.94. The van der Waals surface area contributed by atoms with Crippen molar-refractivity contribution in [3.63, 3.8) is 0 Å². The van der Waals surface area contributed by atoms with E-state index in [2.05, 4.69) is 0 Å². The summed E-state index contributed by atoms with van der Waals surface area (Å²) in [5, 5.41) is 8.71. The third-order valence-corrected chi connectivity index (χ3v) is 3.06. The van der Waals surface area contributed by atoms with E-state index in [0.29, 0.717) is 0 Å². The molecule has 1 aromatic carbocycles. The molecule has 1 N–H and O–H groups in total. The number of hydrogen-bond donors (Lipinski definition) is 1. The lowest BCUT2D eigenvalue weighted by molar-refractivity contribution is -0.141. The third-order valence-electron chi connectivity index (χ3n) is 2.28. The zero-order valence-corrected chi connectivity index (χ0v) is 9.78. The highest BCUT2D eigenvalue weighted by molar-refractivity contribution is 7.98. The molecule has 1 aromatic rings. The fourth-order valence-electron chi connectivity index (χ4n) is 1.34. The van der Waals surface area contributed by atoms with Gasteiger partial charge in [-0.1, -0.05) is 13.0 Å². The highest BCUT2D eigenvalue weighted by Gasteiger charge is 2.17. The molecule has 16 heavy (non-hydrogen) atoms. The van der Waals surface area contributed by atoms with Crippen molar-refractivity contribution in [1.29, 1.82) is 0 Å². The second kappa shape index (κ2) is 5.30. The van der Waals surface area contributed by atoms with Gasteiger partial charge in [0.15, 0.2) is 0 Å². The summed E-state index contributed by atoms with van der Waals surface area (Å²) in [4.78, 5) is 10.6. The largest absolute Gasteiger partial charge is 0.481 e. The number of carboxylic acid groups (broad SMARTS) is 1. The van der Waals surface area contributed by atoms with Gasteiger partial charge in [-0.3, -0.25) is 4.79 Å². The van der Waals surface area contributed by atoms with E-state index in [-0.39, 0.29) is 16.9 Å². The van der Waals surface area contributed by atoms with E-state index in [1.165, 1.54) is 19.1 Å². The van der Waals surface area contributed by atoms with E-state index in [9.17, 15) is 13.6 Å². The maximum atomic E-state index is 13.7. The fraction of sp³-hybridized carbons (Fsp3) is 0.364. The topological polar surface area (TPSA) is 37.3 Å². The molecule has 1 unspecified atom stereocenters. The Morgan fingerprint density at radius 2 is 2.12 bits per heavy atom. The zero-order valence-electron chi connectivity index (χ0n) is 8.96. The number of benzene rings is 1. The number of hydrogen-bond acceptors (Lipinski definition) is 2. The van der Waals surface area contributed by atoms with E-state index >= 15 is 0 Å². The maximum absolute atomic E-state index is 13.7. The fourth-order valence-corrected chi connectivity index (χ4v) is 1.91. The van der Waals surface area contributed by atoms with Gasteiger partial charge in [0.2, 0.25) is 0 Å². The van der Waals surface area contributed by atoms with Crippen molar-refractivity contribution >= 4 is 17.7 Å². The number of aliphatic carboxylic acids is 1. The molecule has 0 saturated carbocycles. The molecule has 0 aliphatic rings. The Balaban J connectivity index is 3.02. The van der Waals surface area contributed by atoms with Gasteiger partial charge in [0.05, 0.1) is 10.8 Å². The van der Waals surface area contributed by atoms with Crippen LogP contribution in [0.25, 0.3) is 0 Å². The van der Waals surface area contributed by atoms with Crippen LogP contribution in [0.4, 0.5) is 8.78 Å². The van der Waals surface area contributed by atoms with Gasteiger partial charge in [-0.05, 0) is 24.3 Å². The van der Waals surface area contributed by atoms with E-state index in [1.807, 2.05) is 0 Å². The van der Waals surface area contributed by atoms with Crippen LogP contribution in [-0.4, -0.2) is 17.3 Å². The summed E-state index contributed by atoms with van der Waals surface area (Å²) in [7, 11) is 0. The van der Waals surface area contributed by atoms with Crippen molar-refractivity contribution < 1.29 is 18.7 Å². The molecule has 5 heteroatoms. The minimum atomic E-state index is -0.991. The molecule has 0 aliphatic carbocycles. The monoisotopic (exact) mass is 246 g/mol. The lowest BCUT2D eigenvalue weighted by atomic mass is 10.0. The van der Waals surface area contributed by atoms with Crippen molar-refractivity contribution in [3.05, 3.63) is 29.3 Å².